The zero-order chi connectivity index (χ0) is 11.1. The number of nitrogens with one attached hydrogen (secondary N) is 2. The molecule has 1 unspecified atom stereocenters. The lowest BCUT2D eigenvalue weighted by Gasteiger charge is -2.40. The summed E-state index contributed by atoms with van der Waals surface area (Å²) in [6.45, 7) is 7.54. The van der Waals surface area contributed by atoms with Crippen LogP contribution in [0.15, 0.2) is 0 Å². The molecule has 90 valence electrons. The van der Waals surface area contributed by atoms with Crippen molar-refractivity contribution in [2.24, 2.45) is 0 Å². The molecule has 3 nitrogen and oxygen atoms in total. The molecule has 2 N–H and O–H groups in total. The van der Waals surface area contributed by atoms with Crippen molar-refractivity contribution in [3.8, 4) is 0 Å². The summed E-state index contributed by atoms with van der Waals surface area (Å²) in [6.07, 6.45) is 4.97. The van der Waals surface area contributed by atoms with Crippen molar-refractivity contribution >= 4 is 0 Å². The van der Waals surface area contributed by atoms with Gasteiger partial charge in [-0.1, -0.05) is 6.92 Å². The first-order valence-corrected chi connectivity index (χ1v) is 6.22. The lowest BCUT2D eigenvalue weighted by Crippen LogP contribution is -2.44. The maximum atomic E-state index is 5.58. The fourth-order valence-corrected chi connectivity index (χ4v) is 2.11. The highest BCUT2D eigenvalue weighted by Gasteiger charge is 2.36. The van der Waals surface area contributed by atoms with Crippen LogP contribution >= 0.6 is 0 Å². The van der Waals surface area contributed by atoms with Crippen LogP contribution in [-0.4, -0.2) is 38.4 Å². The fraction of sp³-hybridized carbons (Fsp3) is 1.00. The predicted octanol–water partition coefficient (Wildman–Crippen LogP) is 1.53. The SMILES string of the molecule is CCNCC(C)NCCC1(OC)CCC1. The average molecular weight is 214 g/mol. The van der Waals surface area contributed by atoms with Gasteiger partial charge in [0.2, 0.25) is 0 Å². The first kappa shape index (κ1) is 12.9. The van der Waals surface area contributed by atoms with E-state index in [-0.39, 0.29) is 5.60 Å². The van der Waals surface area contributed by atoms with Crippen LogP contribution in [0, 0.1) is 0 Å². The zero-order valence-electron chi connectivity index (χ0n) is 10.4. The molecule has 0 spiro atoms. The number of hydrogen-bond donors (Lipinski definition) is 2. The monoisotopic (exact) mass is 214 g/mol. The molecule has 1 atom stereocenters. The molecule has 0 heterocycles. The van der Waals surface area contributed by atoms with Crippen LogP contribution in [-0.2, 0) is 4.74 Å². The van der Waals surface area contributed by atoms with E-state index in [2.05, 4.69) is 24.5 Å². The highest BCUT2D eigenvalue weighted by molar-refractivity contribution is 4.90. The third-order valence-corrected chi connectivity index (χ3v) is 3.47. The molecular weight excluding hydrogens is 188 g/mol. The van der Waals surface area contributed by atoms with Gasteiger partial charge in [0.05, 0.1) is 5.60 Å². The summed E-state index contributed by atoms with van der Waals surface area (Å²) in [7, 11) is 1.85. The lowest BCUT2D eigenvalue weighted by molar-refractivity contribution is -0.0770. The summed E-state index contributed by atoms with van der Waals surface area (Å²) in [6, 6.07) is 0.555. The van der Waals surface area contributed by atoms with Crippen molar-refractivity contribution in [3.05, 3.63) is 0 Å². The van der Waals surface area contributed by atoms with Crippen LogP contribution in [0.3, 0.4) is 0 Å². The summed E-state index contributed by atoms with van der Waals surface area (Å²) in [5.41, 5.74) is 0.213. The molecular formula is C12H26N2O. The van der Waals surface area contributed by atoms with Gasteiger partial charge in [0.25, 0.3) is 0 Å². The van der Waals surface area contributed by atoms with Gasteiger partial charge in [-0.15, -0.1) is 0 Å². The molecule has 1 saturated carbocycles. The third-order valence-electron chi connectivity index (χ3n) is 3.47. The Morgan fingerprint density at radius 2 is 2.13 bits per heavy atom. The van der Waals surface area contributed by atoms with Gasteiger partial charge >= 0.3 is 0 Å². The minimum atomic E-state index is 0.213. The second kappa shape index (κ2) is 6.46. The summed E-state index contributed by atoms with van der Waals surface area (Å²) in [5, 5.41) is 6.88. The van der Waals surface area contributed by atoms with E-state index in [0.717, 1.165) is 26.1 Å². The topological polar surface area (TPSA) is 33.3 Å². The van der Waals surface area contributed by atoms with Gasteiger partial charge in [-0.25, -0.2) is 0 Å². The minimum absolute atomic E-state index is 0.213. The van der Waals surface area contributed by atoms with Gasteiger partial charge in [-0.05, 0) is 45.7 Å². The Kier molecular flexibility index (Phi) is 5.58. The van der Waals surface area contributed by atoms with Crippen LogP contribution in [0.5, 0.6) is 0 Å². The summed E-state index contributed by atoms with van der Waals surface area (Å²) in [5.74, 6) is 0. The molecule has 0 aromatic heterocycles. The molecule has 0 bridgehead atoms. The first-order valence-electron chi connectivity index (χ1n) is 6.22. The summed E-state index contributed by atoms with van der Waals surface area (Å²) in [4.78, 5) is 0. The smallest absolute Gasteiger partial charge is 0.0690 e. The van der Waals surface area contributed by atoms with Crippen LogP contribution in [0.4, 0.5) is 0 Å². The molecule has 0 aromatic rings. The number of hydrogen-bond acceptors (Lipinski definition) is 3. The van der Waals surface area contributed by atoms with Crippen molar-refractivity contribution in [3.63, 3.8) is 0 Å². The quantitative estimate of drug-likeness (QED) is 0.643. The Hall–Kier alpha value is -0.120. The number of ether oxygens (including phenoxy) is 1. The molecule has 3 heteroatoms. The van der Waals surface area contributed by atoms with Crippen molar-refractivity contribution in [1.29, 1.82) is 0 Å². The van der Waals surface area contributed by atoms with Crippen LogP contribution < -0.4 is 10.6 Å². The van der Waals surface area contributed by atoms with Gasteiger partial charge in [0.1, 0.15) is 0 Å². The number of likely N-dealkylation sites (N-methyl/N-ethyl adjacent to an activating group) is 1. The van der Waals surface area contributed by atoms with Crippen molar-refractivity contribution < 1.29 is 4.74 Å². The average Bonchev–Trinajstić information content (AvgIpc) is 2.19. The summed E-state index contributed by atoms with van der Waals surface area (Å²) < 4.78 is 5.58. The van der Waals surface area contributed by atoms with E-state index in [1.54, 1.807) is 0 Å². The molecule has 15 heavy (non-hydrogen) atoms. The van der Waals surface area contributed by atoms with E-state index in [4.69, 9.17) is 4.74 Å². The van der Waals surface area contributed by atoms with Crippen molar-refractivity contribution in [1.82, 2.24) is 10.6 Å². The Bertz CT molecular complexity index is 163. The van der Waals surface area contributed by atoms with Gasteiger partial charge < -0.3 is 15.4 Å². The largest absolute Gasteiger partial charge is 0.378 e. The summed E-state index contributed by atoms with van der Waals surface area (Å²) >= 11 is 0. The van der Waals surface area contributed by atoms with Crippen molar-refractivity contribution in [2.75, 3.05) is 26.7 Å². The highest BCUT2D eigenvalue weighted by Crippen LogP contribution is 2.37. The van der Waals surface area contributed by atoms with Crippen LogP contribution in [0.25, 0.3) is 0 Å². The van der Waals surface area contributed by atoms with Crippen molar-refractivity contribution in [2.45, 2.75) is 51.2 Å². The maximum absolute atomic E-state index is 5.58. The Balaban J connectivity index is 2.04. The lowest BCUT2D eigenvalue weighted by atomic mass is 9.77. The minimum Gasteiger partial charge on any atom is -0.378 e. The molecule has 0 amide bonds. The Morgan fingerprint density at radius 3 is 2.60 bits per heavy atom. The fourth-order valence-electron chi connectivity index (χ4n) is 2.11. The standard InChI is InChI=1S/C12H26N2O/c1-4-13-10-11(2)14-9-8-12(15-3)6-5-7-12/h11,13-14H,4-10H2,1-3H3. The van der Waals surface area contributed by atoms with Gasteiger partial charge in [0.15, 0.2) is 0 Å². The number of rotatable bonds is 8. The van der Waals surface area contributed by atoms with E-state index < -0.39 is 0 Å². The molecule has 1 rings (SSSR count). The molecule has 0 radical (unpaired) electrons. The number of methoxy groups -OCH3 is 1. The molecule has 0 saturated heterocycles. The zero-order valence-corrected chi connectivity index (χ0v) is 10.4. The van der Waals surface area contributed by atoms with E-state index >= 15 is 0 Å². The normalized spacial score (nSPS) is 21.0. The Labute approximate surface area is 94.0 Å². The molecule has 0 aromatic carbocycles. The molecule has 1 aliphatic carbocycles. The van der Waals surface area contributed by atoms with Crippen LogP contribution in [0.2, 0.25) is 0 Å². The van der Waals surface area contributed by atoms with Gasteiger partial charge in [-0.3, -0.25) is 0 Å². The predicted molar refractivity (Wildman–Crippen MR) is 64.2 cm³/mol. The second-order valence-electron chi connectivity index (χ2n) is 4.65. The van der Waals surface area contributed by atoms with Crippen LogP contribution in [0.1, 0.15) is 39.5 Å². The van der Waals surface area contributed by atoms with Gasteiger partial charge in [0, 0.05) is 19.7 Å². The molecule has 0 aliphatic heterocycles. The molecule has 1 aliphatic rings. The van der Waals surface area contributed by atoms with E-state index in [0.29, 0.717) is 6.04 Å². The Morgan fingerprint density at radius 1 is 1.40 bits per heavy atom. The third kappa shape index (κ3) is 4.09. The van der Waals surface area contributed by atoms with E-state index in [1.165, 1.54) is 19.3 Å². The first-order chi connectivity index (χ1) is 7.22. The molecule has 1 fully saturated rings. The maximum Gasteiger partial charge on any atom is 0.0690 e. The van der Waals surface area contributed by atoms with E-state index in [1.807, 2.05) is 7.11 Å². The van der Waals surface area contributed by atoms with Gasteiger partial charge in [-0.2, -0.15) is 0 Å². The highest BCUT2D eigenvalue weighted by atomic mass is 16.5. The second-order valence-corrected chi connectivity index (χ2v) is 4.65. The van der Waals surface area contributed by atoms with E-state index in [9.17, 15) is 0 Å².